The standard InChI is InChI=1S/C16H23N3OS/c1-10-7-11(2)18-14(8-10)21-9-16(15(17)20,12-3-4-12)19-13-5-6-13/h7-8,12-13,19H,3-6,9H2,1-2H3,(H2,17,20). The topological polar surface area (TPSA) is 68.0 Å². The SMILES string of the molecule is Cc1cc(C)nc(SCC(NC2CC2)(C(N)=O)C2CC2)c1. The number of thioether (sulfide) groups is 1. The molecule has 0 aliphatic heterocycles. The Bertz CT molecular complexity index is 534. The van der Waals surface area contributed by atoms with Crippen LogP contribution in [-0.4, -0.2) is 28.2 Å². The fourth-order valence-corrected chi connectivity index (χ4v) is 4.17. The van der Waals surface area contributed by atoms with Crippen molar-refractivity contribution in [2.24, 2.45) is 11.7 Å². The minimum atomic E-state index is -0.550. The number of nitrogens with zero attached hydrogens (tertiary/aromatic N) is 1. The summed E-state index contributed by atoms with van der Waals surface area (Å²) in [6.45, 7) is 4.07. The van der Waals surface area contributed by atoms with Crippen LogP contribution in [0.5, 0.6) is 0 Å². The lowest BCUT2D eigenvalue weighted by Crippen LogP contribution is -2.60. The Morgan fingerprint density at radius 2 is 2.10 bits per heavy atom. The second-order valence-electron chi connectivity index (χ2n) is 6.44. The summed E-state index contributed by atoms with van der Waals surface area (Å²) >= 11 is 1.65. The number of hydrogen-bond acceptors (Lipinski definition) is 4. The maximum atomic E-state index is 12.1. The summed E-state index contributed by atoms with van der Waals surface area (Å²) in [5, 5.41) is 4.52. The largest absolute Gasteiger partial charge is 0.368 e. The van der Waals surface area contributed by atoms with Crippen LogP contribution < -0.4 is 11.1 Å². The summed E-state index contributed by atoms with van der Waals surface area (Å²) in [6, 6.07) is 4.62. The van der Waals surface area contributed by atoms with Crippen molar-refractivity contribution in [3.8, 4) is 0 Å². The Balaban J connectivity index is 1.75. The summed E-state index contributed by atoms with van der Waals surface area (Å²) in [4.78, 5) is 16.7. The van der Waals surface area contributed by atoms with Gasteiger partial charge in [-0.15, -0.1) is 11.8 Å². The average Bonchev–Trinajstić information content (AvgIpc) is 3.24. The molecule has 3 N–H and O–H groups in total. The van der Waals surface area contributed by atoms with E-state index < -0.39 is 5.54 Å². The number of carbonyl (C=O) groups excluding carboxylic acids is 1. The third kappa shape index (κ3) is 3.40. The molecule has 0 spiro atoms. The zero-order chi connectivity index (χ0) is 15.0. The van der Waals surface area contributed by atoms with Gasteiger partial charge >= 0.3 is 0 Å². The highest BCUT2D eigenvalue weighted by Gasteiger charge is 2.51. The number of amides is 1. The Morgan fingerprint density at radius 3 is 2.62 bits per heavy atom. The van der Waals surface area contributed by atoms with Crippen LogP contribution in [0.25, 0.3) is 0 Å². The second kappa shape index (κ2) is 5.61. The van der Waals surface area contributed by atoms with Crippen molar-refractivity contribution in [1.82, 2.24) is 10.3 Å². The fraction of sp³-hybridized carbons (Fsp3) is 0.625. The number of pyridine rings is 1. The lowest BCUT2D eigenvalue weighted by atomic mass is 9.94. The van der Waals surface area contributed by atoms with E-state index in [1.807, 2.05) is 6.92 Å². The van der Waals surface area contributed by atoms with Gasteiger partial charge in [0.25, 0.3) is 0 Å². The van der Waals surface area contributed by atoms with Gasteiger partial charge in [0.15, 0.2) is 0 Å². The van der Waals surface area contributed by atoms with Gasteiger partial charge < -0.3 is 5.73 Å². The van der Waals surface area contributed by atoms with Crippen LogP contribution in [0.2, 0.25) is 0 Å². The first-order valence-electron chi connectivity index (χ1n) is 7.65. The Kier molecular flexibility index (Phi) is 3.97. The molecule has 114 valence electrons. The molecule has 5 heteroatoms. The minimum Gasteiger partial charge on any atom is -0.368 e. The second-order valence-corrected chi connectivity index (χ2v) is 7.44. The first kappa shape index (κ1) is 14.9. The summed E-state index contributed by atoms with van der Waals surface area (Å²) in [5.74, 6) is 0.877. The zero-order valence-corrected chi connectivity index (χ0v) is 13.5. The molecule has 1 amide bonds. The number of aryl methyl sites for hydroxylation is 2. The van der Waals surface area contributed by atoms with Gasteiger partial charge in [0.1, 0.15) is 5.54 Å². The van der Waals surface area contributed by atoms with Crippen LogP contribution >= 0.6 is 11.8 Å². The maximum absolute atomic E-state index is 12.1. The summed E-state index contributed by atoms with van der Waals surface area (Å²) in [6.07, 6.45) is 4.52. The van der Waals surface area contributed by atoms with E-state index >= 15 is 0 Å². The molecule has 4 nitrogen and oxygen atoms in total. The summed E-state index contributed by atoms with van der Waals surface area (Å²) < 4.78 is 0. The van der Waals surface area contributed by atoms with Crippen LogP contribution in [0.1, 0.15) is 36.9 Å². The van der Waals surface area contributed by atoms with Crippen molar-refractivity contribution in [2.75, 3.05) is 5.75 Å². The van der Waals surface area contributed by atoms with Gasteiger partial charge in [-0.1, -0.05) is 0 Å². The molecule has 1 heterocycles. The predicted octanol–water partition coefficient (Wildman–Crippen LogP) is 2.18. The molecule has 3 rings (SSSR count). The number of carbonyl (C=O) groups is 1. The van der Waals surface area contributed by atoms with E-state index in [-0.39, 0.29) is 5.91 Å². The number of hydrogen-bond donors (Lipinski definition) is 2. The van der Waals surface area contributed by atoms with Crippen LogP contribution in [-0.2, 0) is 4.79 Å². The van der Waals surface area contributed by atoms with Gasteiger partial charge in [0, 0.05) is 17.5 Å². The molecular weight excluding hydrogens is 282 g/mol. The van der Waals surface area contributed by atoms with Gasteiger partial charge in [0.2, 0.25) is 5.91 Å². The van der Waals surface area contributed by atoms with E-state index in [4.69, 9.17) is 5.73 Å². The van der Waals surface area contributed by atoms with Crippen molar-refractivity contribution in [3.05, 3.63) is 23.4 Å². The van der Waals surface area contributed by atoms with Gasteiger partial charge in [-0.25, -0.2) is 4.98 Å². The molecular formula is C16H23N3OS. The number of rotatable bonds is 7. The molecule has 0 saturated heterocycles. The van der Waals surface area contributed by atoms with Crippen LogP contribution in [0.3, 0.4) is 0 Å². The molecule has 2 aliphatic carbocycles. The van der Waals surface area contributed by atoms with E-state index in [0.717, 1.165) is 36.4 Å². The molecule has 0 radical (unpaired) electrons. The summed E-state index contributed by atoms with van der Waals surface area (Å²) in [7, 11) is 0. The molecule has 0 bridgehead atoms. The smallest absolute Gasteiger partial charge is 0.238 e. The minimum absolute atomic E-state index is 0.200. The van der Waals surface area contributed by atoms with Gasteiger partial charge in [0.05, 0.1) is 5.03 Å². The molecule has 0 aromatic carbocycles. The Morgan fingerprint density at radius 1 is 1.38 bits per heavy atom. The Labute approximate surface area is 130 Å². The van der Waals surface area contributed by atoms with E-state index in [1.165, 1.54) is 5.56 Å². The monoisotopic (exact) mass is 305 g/mol. The molecule has 21 heavy (non-hydrogen) atoms. The zero-order valence-electron chi connectivity index (χ0n) is 12.7. The third-order valence-corrected chi connectivity index (χ3v) is 5.38. The lowest BCUT2D eigenvalue weighted by Gasteiger charge is -2.32. The highest BCUT2D eigenvalue weighted by molar-refractivity contribution is 7.99. The fourth-order valence-electron chi connectivity index (χ4n) is 2.85. The van der Waals surface area contributed by atoms with Crippen LogP contribution in [0.15, 0.2) is 17.2 Å². The van der Waals surface area contributed by atoms with E-state index in [0.29, 0.717) is 17.7 Å². The van der Waals surface area contributed by atoms with Crippen molar-refractivity contribution < 1.29 is 4.79 Å². The van der Waals surface area contributed by atoms with Crippen LogP contribution in [0.4, 0.5) is 0 Å². The predicted molar refractivity (Wildman–Crippen MR) is 85.2 cm³/mol. The number of nitrogens with one attached hydrogen (secondary N) is 1. The molecule has 1 aromatic rings. The van der Waals surface area contributed by atoms with Crippen molar-refractivity contribution >= 4 is 17.7 Å². The third-order valence-electron chi connectivity index (χ3n) is 4.27. The first-order chi connectivity index (χ1) is 9.99. The Hall–Kier alpha value is -1.07. The highest BCUT2D eigenvalue weighted by atomic mass is 32.2. The molecule has 1 atom stereocenters. The van der Waals surface area contributed by atoms with E-state index in [1.54, 1.807) is 11.8 Å². The van der Waals surface area contributed by atoms with Crippen LogP contribution in [0, 0.1) is 19.8 Å². The van der Waals surface area contributed by atoms with E-state index in [9.17, 15) is 4.79 Å². The first-order valence-corrected chi connectivity index (χ1v) is 8.64. The van der Waals surface area contributed by atoms with Gasteiger partial charge in [-0.3, -0.25) is 10.1 Å². The van der Waals surface area contributed by atoms with Gasteiger partial charge in [-0.05, 0) is 63.1 Å². The molecule has 2 aliphatic rings. The normalized spacial score (nSPS) is 21.0. The highest BCUT2D eigenvalue weighted by Crippen LogP contribution is 2.43. The number of primary amides is 1. The quantitative estimate of drug-likeness (QED) is 0.758. The number of nitrogens with two attached hydrogens (primary N) is 1. The molecule has 2 saturated carbocycles. The van der Waals surface area contributed by atoms with Crippen molar-refractivity contribution in [1.29, 1.82) is 0 Å². The molecule has 1 unspecified atom stereocenters. The van der Waals surface area contributed by atoms with Crippen molar-refractivity contribution in [2.45, 2.75) is 56.1 Å². The maximum Gasteiger partial charge on any atom is 0.238 e. The average molecular weight is 305 g/mol. The van der Waals surface area contributed by atoms with Gasteiger partial charge in [-0.2, -0.15) is 0 Å². The lowest BCUT2D eigenvalue weighted by molar-refractivity contribution is -0.124. The number of aromatic nitrogens is 1. The van der Waals surface area contributed by atoms with Crippen molar-refractivity contribution in [3.63, 3.8) is 0 Å². The molecule has 1 aromatic heterocycles. The van der Waals surface area contributed by atoms with E-state index in [2.05, 4.69) is 29.4 Å². The summed E-state index contributed by atoms with van der Waals surface area (Å²) in [5.41, 5.74) is 7.45. The molecule has 2 fully saturated rings.